The molecule has 0 aromatic rings. The lowest BCUT2D eigenvalue weighted by molar-refractivity contribution is -0.130. The van der Waals surface area contributed by atoms with Crippen molar-refractivity contribution in [1.29, 1.82) is 5.26 Å². The average Bonchev–Trinajstić information content (AvgIpc) is 2.69. The molecule has 0 aliphatic carbocycles. The van der Waals surface area contributed by atoms with E-state index in [2.05, 4.69) is 11.4 Å². The van der Waals surface area contributed by atoms with Crippen LogP contribution in [0.4, 0.5) is 0 Å². The Bertz CT molecular complexity index is 229. The first-order valence-electron chi connectivity index (χ1n) is 5.06. The number of ether oxygens (including phenoxy) is 1. The number of carbonyl (C=O) groups is 1. The van der Waals surface area contributed by atoms with E-state index in [1.54, 1.807) is 0 Å². The average molecular weight is 196 g/mol. The number of rotatable bonds is 4. The fraction of sp³-hybridized carbons (Fsp3) is 0.800. The molecule has 0 saturated carbocycles. The zero-order valence-electron chi connectivity index (χ0n) is 8.45. The van der Waals surface area contributed by atoms with E-state index < -0.39 is 0 Å². The van der Waals surface area contributed by atoms with Gasteiger partial charge in [-0.15, -0.1) is 0 Å². The molecular weight excluding hydrogens is 180 g/mol. The van der Waals surface area contributed by atoms with Gasteiger partial charge in [-0.1, -0.05) is 6.92 Å². The molecule has 0 aromatic carbocycles. The summed E-state index contributed by atoms with van der Waals surface area (Å²) >= 11 is 0. The lowest BCUT2D eigenvalue weighted by atomic mass is 10.1. The summed E-state index contributed by atoms with van der Waals surface area (Å²) in [5, 5.41) is 11.3. The molecule has 78 valence electrons. The highest BCUT2D eigenvalue weighted by Crippen LogP contribution is 2.12. The Labute approximate surface area is 84.2 Å². The molecule has 4 heteroatoms. The van der Waals surface area contributed by atoms with Crippen LogP contribution in [-0.2, 0) is 9.53 Å². The molecule has 1 saturated heterocycles. The molecule has 1 fully saturated rings. The van der Waals surface area contributed by atoms with Crippen molar-refractivity contribution in [3.63, 3.8) is 0 Å². The second-order valence-electron chi connectivity index (χ2n) is 3.48. The van der Waals surface area contributed by atoms with Crippen LogP contribution in [0, 0.1) is 11.3 Å². The Hall–Kier alpha value is -1.08. The molecule has 14 heavy (non-hydrogen) atoms. The van der Waals surface area contributed by atoms with Gasteiger partial charge in [0.15, 0.2) is 0 Å². The SMILES string of the molecule is CCC(CC#N)NC(=O)C1CCCO1. The maximum Gasteiger partial charge on any atom is 0.249 e. The van der Waals surface area contributed by atoms with Gasteiger partial charge in [0.1, 0.15) is 6.10 Å². The fourth-order valence-corrected chi connectivity index (χ4v) is 1.49. The summed E-state index contributed by atoms with van der Waals surface area (Å²) in [5.74, 6) is -0.0652. The molecular formula is C10H16N2O2. The normalized spacial score (nSPS) is 22.7. The van der Waals surface area contributed by atoms with Gasteiger partial charge in [-0.2, -0.15) is 5.26 Å². The van der Waals surface area contributed by atoms with Gasteiger partial charge in [-0.05, 0) is 19.3 Å². The molecule has 0 bridgehead atoms. The number of nitrogens with one attached hydrogen (secondary N) is 1. The highest BCUT2D eigenvalue weighted by atomic mass is 16.5. The van der Waals surface area contributed by atoms with Gasteiger partial charge >= 0.3 is 0 Å². The Morgan fingerprint density at radius 2 is 2.57 bits per heavy atom. The number of hydrogen-bond acceptors (Lipinski definition) is 3. The summed E-state index contributed by atoms with van der Waals surface area (Å²) in [7, 11) is 0. The first-order chi connectivity index (χ1) is 6.77. The van der Waals surface area contributed by atoms with Crippen LogP contribution in [0.15, 0.2) is 0 Å². The van der Waals surface area contributed by atoms with Gasteiger partial charge in [0, 0.05) is 12.6 Å². The van der Waals surface area contributed by atoms with Crippen LogP contribution in [0.1, 0.15) is 32.6 Å². The van der Waals surface area contributed by atoms with Gasteiger partial charge < -0.3 is 10.1 Å². The predicted molar refractivity (Wildman–Crippen MR) is 51.4 cm³/mol. The van der Waals surface area contributed by atoms with Crippen molar-refractivity contribution in [2.75, 3.05) is 6.61 Å². The van der Waals surface area contributed by atoms with Crippen LogP contribution >= 0.6 is 0 Å². The number of nitrogens with zero attached hydrogens (tertiary/aromatic N) is 1. The van der Waals surface area contributed by atoms with Gasteiger partial charge in [0.05, 0.1) is 12.5 Å². The van der Waals surface area contributed by atoms with E-state index in [4.69, 9.17) is 10.00 Å². The quantitative estimate of drug-likeness (QED) is 0.728. The summed E-state index contributed by atoms with van der Waals surface area (Å²) in [6.45, 7) is 2.63. The standard InChI is InChI=1S/C10H16N2O2/c1-2-8(5-6-11)12-10(13)9-4-3-7-14-9/h8-9H,2-5,7H2,1H3,(H,12,13). The smallest absolute Gasteiger partial charge is 0.249 e. The Balaban J connectivity index is 2.34. The first kappa shape index (κ1) is 11.0. The van der Waals surface area contributed by atoms with Crippen LogP contribution in [-0.4, -0.2) is 24.7 Å². The van der Waals surface area contributed by atoms with E-state index in [1.807, 2.05) is 6.92 Å². The van der Waals surface area contributed by atoms with Crippen molar-refractivity contribution in [2.45, 2.75) is 44.8 Å². The minimum atomic E-state index is -0.289. The van der Waals surface area contributed by atoms with E-state index in [0.29, 0.717) is 13.0 Å². The van der Waals surface area contributed by atoms with Crippen LogP contribution in [0.3, 0.4) is 0 Å². The van der Waals surface area contributed by atoms with Crippen LogP contribution in [0.2, 0.25) is 0 Å². The van der Waals surface area contributed by atoms with Crippen molar-refractivity contribution in [3.05, 3.63) is 0 Å². The number of nitriles is 1. The van der Waals surface area contributed by atoms with Gasteiger partial charge in [-0.25, -0.2) is 0 Å². The fourth-order valence-electron chi connectivity index (χ4n) is 1.49. The van der Waals surface area contributed by atoms with E-state index in [-0.39, 0.29) is 18.1 Å². The third-order valence-electron chi connectivity index (χ3n) is 2.40. The zero-order chi connectivity index (χ0) is 10.4. The van der Waals surface area contributed by atoms with Crippen molar-refractivity contribution in [3.8, 4) is 6.07 Å². The van der Waals surface area contributed by atoms with Crippen molar-refractivity contribution in [1.82, 2.24) is 5.32 Å². The summed E-state index contributed by atoms with van der Waals surface area (Å²) in [4.78, 5) is 11.5. The van der Waals surface area contributed by atoms with E-state index >= 15 is 0 Å². The molecule has 1 aliphatic heterocycles. The first-order valence-corrected chi connectivity index (χ1v) is 5.06. The molecule has 0 aromatic heterocycles. The number of carbonyl (C=O) groups excluding carboxylic acids is 1. The Kier molecular flexibility index (Phi) is 4.41. The molecule has 0 radical (unpaired) electrons. The second kappa shape index (κ2) is 5.61. The van der Waals surface area contributed by atoms with E-state index in [1.165, 1.54) is 0 Å². The lowest BCUT2D eigenvalue weighted by Crippen LogP contribution is -2.40. The van der Waals surface area contributed by atoms with Crippen LogP contribution in [0.25, 0.3) is 0 Å². The summed E-state index contributed by atoms with van der Waals surface area (Å²) in [6, 6.07) is 2.03. The van der Waals surface area contributed by atoms with E-state index in [9.17, 15) is 4.79 Å². The maximum atomic E-state index is 11.5. The van der Waals surface area contributed by atoms with Crippen LogP contribution < -0.4 is 5.32 Å². The van der Waals surface area contributed by atoms with Crippen molar-refractivity contribution < 1.29 is 9.53 Å². The molecule has 4 nitrogen and oxygen atoms in total. The molecule has 2 unspecified atom stereocenters. The Morgan fingerprint density at radius 3 is 3.07 bits per heavy atom. The van der Waals surface area contributed by atoms with Gasteiger partial charge in [0.2, 0.25) is 5.91 Å². The van der Waals surface area contributed by atoms with E-state index in [0.717, 1.165) is 19.3 Å². The number of hydrogen-bond donors (Lipinski definition) is 1. The third kappa shape index (κ3) is 3.00. The Morgan fingerprint density at radius 1 is 1.79 bits per heavy atom. The summed E-state index contributed by atoms with van der Waals surface area (Å²) in [5.41, 5.74) is 0. The minimum absolute atomic E-state index is 0.0308. The molecule has 0 spiro atoms. The highest BCUT2D eigenvalue weighted by Gasteiger charge is 2.24. The van der Waals surface area contributed by atoms with Crippen molar-refractivity contribution in [2.24, 2.45) is 0 Å². The minimum Gasteiger partial charge on any atom is -0.368 e. The maximum absolute atomic E-state index is 11.5. The molecule has 1 amide bonds. The monoisotopic (exact) mass is 196 g/mol. The van der Waals surface area contributed by atoms with Gasteiger partial charge in [-0.3, -0.25) is 4.79 Å². The highest BCUT2D eigenvalue weighted by molar-refractivity contribution is 5.81. The topological polar surface area (TPSA) is 62.1 Å². The third-order valence-corrected chi connectivity index (χ3v) is 2.40. The lowest BCUT2D eigenvalue weighted by Gasteiger charge is -2.16. The van der Waals surface area contributed by atoms with Crippen molar-refractivity contribution >= 4 is 5.91 Å². The van der Waals surface area contributed by atoms with Crippen LogP contribution in [0.5, 0.6) is 0 Å². The molecule has 2 atom stereocenters. The molecule has 1 N–H and O–H groups in total. The molecule has 1 heterocycles. The van der Waals surface area contributed by atoms with Gasteiger partial charge in [0.25, 0.3) is 0 Å². The number of amides is 1. The predicted octanol–water partition coefficient (Wildman–Crippen LogP) is 0.974. The second-order valence-corrected chi connectivity index (χ2v) is 3.48. The summed E-state index contributed by atoms with van der Waals surface area (Å²) < 4.78 is 5.24. The molecule has 1 rings (SSSR count). The summed E-state index contributed by atoms with van der Waals surface area (Å²) in [6.07, 6.45) is 2.62. The molecule has 1 aliphatic rings. The largest absolute Gasteiger partial charge is 0.368 e. The zero-order valence-corrected chi connectivity index (χ0v) is 8.45.